The van der Waals surface area contributed by atoms with Gasteiger partial charge in [0.2, 0.25) is 0 Å². The maximum Gasteiger partial charge on any atom is 0.377 e. The first-order valence-electron chi connectivity index (χ1n) is 9.43. The molecular formula is C25H22BP2+. The average molecular weight is 395 g/mol. The van der Waals surface area contributed by atoms with Gasteiger partial charge in [-0.15, -0.1) is 0 Å². The molecule has 0 aliphatic carbocycles. The van der Waals surface area contributed by atoms with E-state index in [1.54, 1.807) is 0 Å². The number of benzene rings is 4. The molecule has 0 unspecified atom stereocenters. The van der Waals surface area contributed by atoms with E-state index in [1.807, 2.05) is 0 Å². The summed E-state index contributed by atoms with van der Waals surface area (Å²) in [6.45, 7) is 0. The van der Waals surface area contributed by atoms with Gasteiger partial charge in [-0.05, 0) is 42.8 Å². The van der Waals surface area contributed by atoms with Crippen molar-refractivity contribution in [2.75, 3.05) is 5.90 Å². The summed E-state index contributed by atoms with van der Waals surface area (Å²) in [6, 6.07) is 43.0. The van der Waals surface area contributed by atoms with Gasteiger partial charge in [-0.3, -0.25) is 0 Å². The first kappa shape index (κ1) is 19.1. The van der Waals surface area contributed by atoms with E-state index < -0.39 is 15.1 Å². The molecule has 0 saturated heterocycles. The molecule has 2 radical (unpaired) electrons. The van der Waals surface area contributed by atoms with Crippen molar-refractivity contribution < 1.29 is 0 Å². The molecule has 0 amide bonds. The highest BCUT2D eigenvalue weighted by atomic mass is 31.2. The monoisotopic (exact) mass is 395 g/mol. The molecule has 0 bridgehead atoms. The molecule has 0 aliphatic rings. The lowest BCUT2D eigenvalue weighted by atomic mass is 10.4. The Balaban J connectivity index is 1.84. The van der Waals surface area contributed by atoms with Crippen molar-refractivity contribution in [3.63, 3.8) is 0 Å². The Kier molecular flexibility index (Phi) is 6.06. The van der Waals surface area contributed by atoms with Gasteiger partial charge in [0.15, 0.2) is 0 Å². The molecule has 0 spiro atoms. The van der Waals surface area contributed by atoms with Crippen LogP contribution in [0, 0.1) is 0 Å². The minimum absolute atomic E-state index is 0.562. The van der Waals surface area contributed by atoms with Gasteiger partial charge in [0.25, 0.3) is 0 Å². The van der Waals surface area contributed by atoms with Crippen LogP contribution in [0.4, 0.5) is 0 Å². The predicted octanol–water partition coefficient (Wildman–Crippen LogP) is 4.83. The maximum atomic E-state index is 7.34. The lowest BCUT2D eigenvalue weighted by molar-refractivity contribution is 1.73. The van der Waals surface area contributed by atoms with Crippen LogP contribution in [0.3, 0.4) is 0 Å². The van der Waals surface area contributed by atoms with Crippen LogP contribution in [0.25, 0.3) is 0 Å². The Labute approximate surface area is 171 Å². The van der Waals surface area contributed by atoms with Crippen LogP contribution in [-0.4, -0.2) is 13.5 Å². The highest BCUT2D eigenvalue weighted by Gasteiger charge is 2.40. The zero-order valence-corrected chi connectivity index (χ0v) is 17.5. The Morgan fingerprint density at radius 1 is 0.500 bits per heavy atom. The topological polar surface area (TPSA) is 0 Å². The van der Waals surface area contributed by atoms with Crippen molar-refractivity contribution >= 4 is 43.8 Å². The summed E-state index contributed by atoms with van der Waals surface area (Å²) < 4.78 is 0. The quantitative estimate of drug-likeness (QED) is 0.324. The van der Waals surface area contributed by atoms with Crippen LogP contribution in [0.2, 0.25) is 0 Å². The van der Waals surface area contributed by atoms with Gasteiger partial charge < -0.3 is 0 Å². The Bertz CT molecular complexity index is 911. The summed E-state index contributed by atoms with van der Waals surface area (Å²) in [5.74, 6) is 0.963. The SMILES string of the molecule is [B][P+](CP(c1ccccc1)c1ccccc1)(c1ccccc1)c1ccccc1. The fraction of sp³-hybridized carbons (Fsp3) is 0.0400. The Hall–Kier alpha value is -2.20. The normalized spacial score (nSPS) is 11.5. The third-order valence-corrected chi connectivity index (χ3v) is 12.1. The van der Waals surface area contributed by atoms with Gasteiger partial charge >= 0.3 is 7.57 Å². The summed E-state index contributed by atoms with van der Waals surface area (Å²) in [7, 11) is 4.75. The molecule has 0 nitrogen and oxygen atoms in total. The molecule has 0 fully saturated rings. The van der Waals surface area contributed by atoms with Crippen molar-refractivity contribution in [3.8, 4) is 0 Å². The van der Waals surface area contributed by atoms with Gasteiger partial charge in [0.1, 0.15) is 0 Å². The fourth-order valence-electron chi connectivity index (χ4n) is 3.45. The van der Waals surface area contributed by atoms with Crippen LogP contribution >= 0.6 is 15.1 Å². The van der Waals surface area contributed by atoms with E-state index in [1.165, 1.54) is 21.2 Å². The molecule has 0 aromatic heterocycles. The zero-order chi connectivity index (χ0) is 19.2. The Morgan fingerprint density at radius 2 is 0.821 bits per heavy atom. The van der Waals surface area contributed by atoms with Gasteiger partial charge in [-0.1, -0.05) is 97.1 Å². The molecule has 4 aromatic rings. The minimum Gasteiger partial charge on any atom is -0.0622 e. The van der Waals surface area contributed by atoms with Gasteiger partial charge in [0.05, 0.1) is 16.5 Å². The molecule has 4 rings (SSSR count). The number of hydrogen-bond acceptors (Lipinski definition) is 0. The standard InChI is InChI=1S/C25H22BP2/c26-28(24-17-9-3-10-18-24,25-19-11-4-12-20-25)21-27(22-13-5-1-6-14-22)23-15-7-2-8-16-23/h1-20H,21H2/q+1. The molecule has 4 aromatic carbocycles. The van der Waals surface area contributed by atoms with Crippen LogP contribution in [0.5, 0.6) is 0 Å². The van der Waals surface area contributed by atoms with E-state index in [-0.39, 0.29) is 0 Å². The summed E-state index contributed by atoms with van der Waals surface area (Å²) in [4.78, 5) is 0. The average Bonchev–Trinajstić information content (AvgIpc) is 2.80. The first-order valence-corrected chi connectivity index (χ1v) is 13.0. The van der Waals surface area contributed by atoms with Crippen molar-refractivity contribution in [1.82, 2.24) is 0 Å². The summed E-state index contributed by atoms with van der Waals surface area (Å²) in [5.41, 5.74) is 0. The minimum atomic E-state index is -2.03. The lowest BCUT2D eigenvalue weighted by Crippen LogP contribution is -2.27. The van der Waals surface area contributed by atoms with Crippen LogP contribution in [0.15, 0.2) is 121 Å². The molecule has 28 heavy (non-hydrogen) atoms. The third-order valence-electron chi connectivity index (χ3n) is 4.93. The smallest absolute Gasteiger partial charge is 0.0622 e. The van der Waals surface area contributed by atoms with Crippen LogP contribution < -0.4 is 21.2 Å². The highest BCUT2D eigenvalue weighted by molar-refractivity contribution is 8.13. The second-order valence-electron chi connectivity index (χ2n) is 6.78. The second kappa shape index (κ2) is 8.87. The van der Waals surface area contributed by atoms with E-state index in [0.29, 0.717) is 0 Å². The predicted molar refractivity (Wildman–Crippen MR) is 129 cm³/mol. The van der Waals surface area contributed by atoms with E-state index in [9.17, 15) is 0 Å². The van der Waals surface area contributed by atoms with Crippen LogP contribution in [0.1, 0.15) is 0 Å². The molecule has 3 heteroatoms. The first-order chi connectivity index (χ1) is 13.8. The molecule has 0 saturated carbocycles. The van der Waals surface area contributed by atoms with Crippen molar-refractivity contribution in [2.24, 2.45) is 0 Å². The number of rotatable bonds is 6. The Morgan fingerprint density at radius 3 is 1.18 bits per heavy atom. The number of hydrogen-bond donors (Lipinski definition) is 0. The van der Waals surface area contributed by atoms with E-state index in [4.69, 9.17) is 7.57 Å². The van der Waals surface area contributed by atoms with Crippen molar-refractivity contribution in [1.29, 1.82) is 0 Å². The van der Waals surface area contributed by atoms with Crippen LogP contribution in [-0.2, 0) is 0 Å². The maximum absolute atomic E-state index is 7.34. The van der Waals surface area contributed by atoms with Gasteiger partial charge in [0, 0.05) is 7.14 Å². The highest BCUT2D eigenvalue weighted by Crippen LogP contribution is 2.60. The zero-order valence-electron chi connectivity index (χ0n) is 15.7. The third kappa shape index (κ3) is 4.12. The molecule has 0 heterocycles. The molecular weight excluding hydrogens is 373 g/mol. The molecule has 134 valence electrons. The lowest BCUT2D eigenvalue weighted by Gasteiger charge is -2.29. The van der Waals surface area contributed by atoms with Crippen molar-refractivity contribution in [2.45, 2.75) is 0 Å². The largest absolute Gasteiger partial charge is 0.377 e. The van der Waals surface area contributed by atoms with Gasteiger partial charge in [-0.2, -0.15) is 0 Å². The summed E-state index contributed by atoms with van der Waals surface area (Å²) in [6.07, 6.45) is 0. The fourth-order valence-corrected chi connectivity index (χ4v) is 10.9. The molecule has 0 atom stereocenters. The van der Waals surface area contributed by atoms with E-state index in [0.717, 1.165) is 5.90 Å². The van der Waals surface area contributed by atoms with Gasteiger partial charge in [-0.25, -0.2) is 0 Å². The molecule has 0 aliphatic heterocycles. The van der Waals surface area contributed by atoms with Crippen molar-refractivity contribution in [3.05, 3.63) is 121 Å². The second-order valence-corrected chi connectivity index (χ2v) is 12.6. The van der Waals surface area contributed by atoms with E-state index >= 15 is 0 Å². The van der Waals surface area contributed by atoms with E-state index in [2.05, 4.69) is 121 Å². The summed E-state index contributed by atoms with van der Waals surface area (Å²) in [5, 5.41) is 5.29. The molecule has 0 N–H and O–H groups in total. The summed E-state index contributed by atoms with van der Waals surface area (Å²) >= 11 is 0.